The van der Waals surface area contributed by atoms with Crippen LogP contribution in [0.3, 0.4) is 0 Å². The molecule has 2 aliphatic carbocycles. The fourth-order valence-corrected chi connectivity index (χ4v) is 2.81. The van der Waals surface area contributed by atoms with E-state index in [1.807, 2.05) is 0 Å². The van der Waals surface area contributed by atoms with Crippen molar-refractivity contribution >= 4 is 5.78 Å². The number of Topliss-reactive ketones (excluding diaryl/α,β-unsaturated/α-hetero) is 1. The average Bonchev–Trinajstić information content (AvgIpc) is 2.47. The van der Waals surface area contributed by atoms with Crippen molar-refractivity contribution in [1.82, 2.24) is 0 Å². The minimum atomic E-state index is -0.0185. The van der Waals surface area contributed by atoms with Crippen molar-refractivity contribution in [2.75, 3.05) is 0 Å². The smallest absolute Gasteiger partial charge is 0.134 e. The molecule has 2 unspecified atom stereocenters. The van der Waals surface area contributed by atoms with Gasteiger partial charge in [-0.25, -0.2) is 0 Å². The third-order valence-electron chi connectivity index (χ3n) is 3.53. The quantitative estimate of drug-likeness (QED) is 0.499. The van der Waals surface area contributed by atoms with Gasteiger partial charge in [-0.2, -0.15) is 0 Å². The van der Waals surface area contributed by atoms with Crippen LogP contribution in [0.15, 0.2) is 0 Å². The molecule has 0 aromatic heterocycles. The van der Waals surface area contributed by atoms with Crippen molar-refractivity contribution in [2.45, 2.75) is 38.5 Å². The average molecular weight is 162 g/mol. The molecule has 0 bridgehead atoms. The number of hydrogen-bond acceptors (Lipinski definition) is 1. The molecule has 0 aliphatic heterocycles. The van der Waals surface area contributed by atoms with Crippen LogP contribution >= 0.6 is 0 Å². The molecule has 0 amide bonds. The second kappa shape index (κ2) is 2.62. The van der Waals surface area contributed by atoms with Crippen LogP contribution in [0.25, 0.3) is 0 Å². The Morgan fingerprint density at radius 2 is 2.33 bits per heavy atom. The zero-order chi connectivity index (χ0) is 8.60. The summed E-state index contributed by atoms with van der Waals surface area (Å²) in [5.41, 5.74) is -0.0185. The highest BCUT2D eigenvalue weighted by molar-refractivity contribution is 5.80. The molecule has 0 saturated heterocycles. The van der Waals surface area contributed by atoms with Crippen molar-refractivity contribution in [1.29, 1.82) is 0 Å². The number of carbonyl (C=O) groups is 1. The molecular formula is C11H14O. The number of fused-ring (bicyclic) bond motifs is 1. The zero-order valence-electron chi connectivity index (χ0n) is 7.31. The van der Waals surface area contributed by atoms with Crippen LogP contribution < -0.4 is 0 Å². The van der Waals surface area contributed by atoms with Crippen LogP contribution in [0.1, 0.15) is 38.5 Å². The molecular weight excluding hydrogens is 148 g/mol. The Balaban J connectivity index is 2.25. The molecule has 1 heteroatoms. The maximum Gasteiger partial charge on any atom is 0.134 e. The summed E-state index contributed by atoms with van der Waals surface area (Å²) in [7, 11) is 0. The molecule has 0 aromatic rings. The standard InChI is InChI=1S/C11H14O/c1-2-11-7-3-4-9(11)5-6-10(12)8-11/h1,9H,3-8H2. The third kappa shape index (κ3) is 0.982. The second-order valence-corrected chi connectivity index (χ2v) is 4.14. The molecule has 12 heavy (non-hydrogen) atoms. The lowest BCUT2D eigenvalue weighted by Gasteiger charge is -2.33. The fourth-order valence-electron chi connectivity index (χ4n) is 2.81. The van der Waals surface area contributed by atoms with E-state index in [1.165, 1.54) is 12.8 Å². The van der Waals surface area contributed by atoms with Crippen LogP contribution in [-0.2, 0) is 4.79 Å². The van der Waals surface area contributed by atoms with Crippen molar-refractivity contribution in [2.24, 2.45) is 11.3 Å². The predicted molar refractivity (Wildman–Crippen MR) is 47.5 cm³/mol. The number of rotatable bonds is 0. The molecule has 2 saturated carbocycles. The summed E-state index contributed by atoms with van der Waals surface area (Å²) < 4.78 is 0. The minimum Gasteiger partial charge on any atom is -0.300 e. The van der Waals surface area contributed by atoms with Gasteiger partial charge < -0.3 is 0 Å². The third-order valence-corrected chi connectivity index (χ3v) is 3.53. The van der Waals surface area contributed by atoms with Gasteiger partial charge in [-0.1, -0.05) is 12.3 Å². The van der Waals surface area contributed by atoms with Crippen LogP contribution in [0.4, 0.5) is 0 Å². The highest BCUT2D eigenvalue weighted by Gasteiger charge is 2.45. The highest BCUT2D eigenvalue weighted by Crippen LogP contribution is 2.50. The van der Waals surface area contributed by atoms with Crippen LogP contribution in [0, 0.1) is 23.7 Å². The molecule has 0 radical (unpaired) electrons. The first kappa shape index (κ1) is 7.86. The van der Waals surface area contributed by atoms with Gasteiger partial charge in [-0.05, 0) is 25.2 Å². The Kier molecular flexibility index (Phi) is 1.72. The van der Waals surface area contributed by atoms with Gasteiger partial charge in [0.25, 0.3) is 0 Å². The van der Waals surface area contributed by atoms with E-state index in [9.17, 15) is 4.79 Å². The van der Waals surface area contributed by atoms with E-state index in [2.05, 4.69) is 5.92 Å². The largest absolute Gasteiger partial charge is 0.300 e. The van der Waals surface area contributed by atoms with E-state index < -0.39 is 0 Å². The summed E-state index contributed by atoms with van der Waals surface area (Å²) in [5, 5.41) is 0. The van der Waals surface area contributed by atoms with Crippen LogP contribution in [0.5, 0.6) is 0 Å². The topological polar surface area (TPSA) is 17.1 Å². The van der Waals surface area contributed by atoms with Gasteiger partial charge in [0.2, 0.25) is 0 Å². The van der Waals surface area contributed by atoms with Gasteiger partial charge in [-0.3, -0.25) is 4.79 Å². The van der Waals surface area contributed by atoms with E-state index in [-0.39, 0.29) is 5.41 Å². The lowest BCUT2D eigenvalue weighted by atomic mass is 9.68. The number of terminal acetylenes is 1. The van der Waals surface area contributed by atoms with E-state index >= 15 is 0 Å². The maximum absolute atomic E-state index is 11.3. The minimum absolute atomic E-state index is 0.0185. The van der Waals surface area contributed by atoms with Crippen LogP contribution in [-0.4, -0.2) is 5.78 Å². The maximum atomic E-state index is 11.3. The van der Waals surface area contributed by atoms with Gasteiger partial charge in [0.15, 0.2) is 0 Å². The van der Waals surface area contributed by atoms with Gasteiger partial charge in [0, 0.05) is 18.3 Å². The molecule has 64 valence electrons. The lowest BCUT2D eigenvalue weighted by molar-refractivity contribution is -0.123. The zero-order valence-corrected chi connectivity index (χ0v) is 7.31. The lowest BCUT2D eigenvalue weighted by Crippen LogP contribution is -2.31. The van der Waals surface area contributed by atoms with E-state index in [0.29, 0.717) is 18.1 Å². The van der Waals surface area contributed by atoms with E-state index in [1.54, 1.807) is 0 Å². The summed E-state index contributed by atoms with van der Waals surface area (Å²) >= 11 is 0. The van der Waals surface area contributed by atoms with Crippen LogP contribution in [0.2, 0.25) is 0 Å². The Morgan fingerprint density at radius 1 is 1.50 bits per heavy atom. The van der Waals surface area contributed by atoms with Crippen molar-refractivity contribution in [3.05, 3.63) is 0 Å². The van der Waals surface area contributed by atoms with Gasteiger partial charge in [0.05, 0.1) is 0 Å². The molecule has 0 spiro atoms. The molecule has 2 atom stereocenters. The Labute approximate surface area is 73.5 Å². The molecule has 0 aromatic carbocycles. The highest BCUT2D eigenvalue weighted by atomic mass is 16.1. The molecule has 0 heterocycles. The van der Waals surface area contributed by atoms with E-state index in [4.69, 9.17) is 6.42 Å². The second-order valence-electron chi connectivity index (χ2n) is 4.14. The summed E-state index contributed by atoms with van der Waals surface area (Å²) in [5.74, 6) is 3.92. The van der Waals surface area contributed by atoms with E-state index in [0.717, 1.165) is 19.3 Å². The normalized spacial score (nSPS) is 40.6. The van der Waals surface area contributed by atoms with Gasteiger partial charge in [0.1, 0.15) is 5.78 Å². The first-order chi connectivity index (χ1) is 5.77. The first-order valence-electron chi connectivity index (χ1n) is 4.76. The Morgan fingerprint density at radius 3 is 3.08 bits per heavy atom. The summed E-state index contributed by atoms with van der Waals surface area (Å²) in [6, 6.07) is 0. The molecule has 0 N–H and O–H groups in total. The summed E-state index contributed by atoms with van der Waals surface area (Å²) in [4.78, 5) is 11.3. The molecule has 2 rings (SSSR count). The van der Waals surface area contributed by atoms with Crippen molar-refractivity contribution in [3.63, 3.8) is 0 Å². The first-order valence-corrected chi connectivity index (χ1v) is 4.76. The summed E-state index contributed by atoms with van der Waals surface area (Å²) in [6.07, 6.45) is 11.6. The van der Waals surface area contributed by atoms with Crippen molar-refractivity contribution < 1.29 is 4.79 Å². The monoisotopic (exact) mass is 162 g/mol. The number of hydrogen-bond donors (Lipinski definition) is 0. The van der Waals surface area contributed by atoms with Gasteiger partial charge in [-0.15, -0.1) is 6.42 Å². The molecule has 1 nitrogen and oxygen atoms in total. The van der Waals surface area contributed by atoms with Crippen molar-refractivity contribution in [3.8, 4) is 12.3 Å². The predicted octanol–water partition coefficient (Wildman–Crippen LogP) is 2.16. The number of ketones is 1. The Bertz CT molecular complexity index is 248. The molecule has 2 aliphatic rings. The SMILES string of the molecule is C#CC12CCCC1CCC(=O)C2. The van der Waals surface area contributed by atoms with Gasteiger partial charge >= 0.3 is 0 Å². The molecule has 2 fully saturated rings. The fraction of sp³-hybridized carbons (Fsp3) is 0.727. The summed E-state index contributed by atoms with van der Waals surface area (Å²) in [6.45, 7) is 0. The number of carbonyl (C=O) groups excluding carboxylic acids is 1. The Hall–Kier alpha value is -0.770.